The molecule has 0 saturated heterocycles. The van der Waals surface area contributed by atoms with E-state index in [1.54, 1.807) is 6.92 Å². The summed E-state index contributed by atoms with van der Waals surface area (Å²) in [6, 6.07) is 0. The first-order chi connectivity index (χ1) is 5.66. The van der Waals surface area contributed by atoms with Gasteiger partial charge >= 0.3 is 5.97 Å². The van der Waals surface area contributed by atoms with Crippen molar-refractivity contribution in [2.24, 2.45) is 0 Å². The summed E-state index contributed by atoms with van der Waals surface area (Å²) in [5.74, 6) is -0.198. The predicted octanol–water partition coefficient (Wildman–Crippen LogP) is 1.27. The van der Waals surface area contributed by atoms with Crippen LogP contribution in [0.4, 0.5) is 0 Å². The molecule has 0 aromatic rings. The summed E-state index contributed by atoms with van der Waals surface area (Å²) in [4.78, 5) is 10.6. The minimum Gasteiger partial charge on any atom is -0.469 e. The number of carbonyl (C=O) groups excluding carboxylic acids is 1. The molecule has 0 aromatic carbocycles. The van der Waals surface area contributed by atoms with Crippen LogP contribution in [0.25, 0.3) is 0 Å². The van der Waals surface area contributed by atoms with Gasteiger partial charge in [0.15, 0.2) is 0 Å². The van der Waals surface area contributed by atoms with E-state index in [2.05, 4.69) is 4.74 Å². The monoisotopic (exact) mass is 172 g/mol. The fourth-order valence-electron chi connectivity index (χ4n) is 0.714. The van der Waals surface area contributed by atoms with E-state index >= 15 is 0 Å². The van der Waals surface area contributed by atoms with E-state index in [1.165, 1.54) is 7.11 Å². The first-order valence-corrected chi connectivity index (χ1v) is 4.06. The van der Waals surface area contributed by atoms with Gasteiger partial charge in [-0.2, -0.15) is 0 Å². The standard InChI is InChI=1S/C9H16O3/c1-8(10)6-4-3-5-7-9(11)12-2/h3-4,8,10H,5-7H2,1-2H3/b4-3+/t8-/m1/s1. The molecule has 0 aliphatic heterocycles. The Morgan fingerprint density at radius 2 is 2.25 bits per heavy atom. The molecule has 0 aliphatic carbocycles. The molecule has 3 nitrogen and oxygen atoms in total. The third kappa shape index (κ3) is 7.28. The minimum absolute atomic E-state index is 0.198. The van der Waals surface area contributed by atoms with Crippen LogP contribution in [0.3, 0.4) is 0 Å². The first kappa shape index (κ1) is 11.2. The van der Waals surface area contributed by atoms with Crippen molar-refractivity contribution < 1.29 is 14.6 Å². The smallest absolute Gasteiger partial charge is 0.305 e. The molecule has 0 rings (SSSR count). The van der Waals surface area contributed by atoms with Gasteiger partial charge in [-0.3, -0.25) is 4.79 Å². The van der Waals surface area contributed by atoms with Crippen LogP contribution in [0.2, 0.25) is 0 Å². The molecule has 0 heterocycles. The molecule has 1 N–H and O–H groups in total. The number of allylic oxidation sites excluding steroid dienone is 1. The van der Waals surface area contributed by atoms with Crippen LogP contribution in [0, 0.1) is 0 Å². The fraction of sp³-hybridized carbons (Fsp3) is 0.667. The highest BCUT2D eigenvalue weighted by molar-refractivity contribution is 5.69. The average Bonchev–Trinajstić information content (AvgIpc) is 2.03. The zero-order chi connectivity index (χ0) is 9.40. The van der Waals surface area contributed by atoms with Gasteiger partial charge in [-0.15, -0.1) is 0 Å². The molecule has 3 heteroatoms. The Bertz CT molecular complexity index is 150. The van der Waals surface area contributed by atoms with Crippen molar-refractivity contribution in [3.8, 4) is 0 Å². The van der Waals surface area contributed by atoms with Crippen molar-refractivity contribution in [1.82, 2.24) is 0 Å². The first-order valence-electron chi connectivity index (χ1n) is 4.06. The molecular weight excluding hydrogens is 156 g/mol. The van der Waals surface area contributed by atoms with Crippen LogP contribution in [0.5, 0.6) is 0 Å². The van der Waals surface area contributed by atoms with Crippen molar-refractivity contribution >= 4 is 5.97 Å². The second-order valence-electron chi connectivity index (χ2n) is 2.67. The molecule has 0 spiro atoms. The molecule has 1 atom stereocenters. The number of carbonyl (C=O) groups is 1. The Kier molecular flexibility index (Phi) is 6.38. The fourth-order valence-corrected chi connectivity index (χ4v) is 0.714. The van der Waals surface area contributed by atoms with E-state index < -0.39 is 0 Å². The van der Waals surface area contributed by atoms with Crippen LogP contribution >= 0.6 is 0 Å². The molecule has 12 heavy (non-hydrogen) atoms. The molecule has 0 aromatic heterocycles. The number of rotatable bonds is 5. The van der Waals surface area contributed by atoms with Gasteiger partial charge < -0.3 is 9.84 Å². The van der Waals surface area contributed by atoms with E-state index in [1.807, 2.05) is 12.2 Å². The minimum atomic E-state index is -0.306. The van der Waals surface area contributed by atoms with E-state index in [9.17, 15) is 4.79 Å². The quantitative estimate of drug-likeness (QED) is 0.501. The zero-order valence-corrected chi connectivity index (χ0v) is 7.62. The van der Waals surface area contributed by atoms with Gasteiger partial charge in [-0.1, -0.05) is 12.2 Å². The number of esters is 1. The highest BCUT2D eigenvalue weighted by Crippen LogP contribution is 1.96. The molecular formula is C9H16O3. The topological polar surface area (TPSA) is 46.5 Å². The van der Waals surface area contributed by atoms with Crippen molar-refractivity contribution in [2.45, 2.75) is 32.3 Å². The Morgan fingerprint density at radius 3 is 2.75 bits per heavy atom. The van der Waals surface area contributed by atoms with Gasteiger partial charge in [-0.25, -0.2) is 0 Å². The molecule has 0 aliphatic rings. The summed E-state index contributed by atoms with van der Waals surface area (Å²) >= 11 is 0. The third-order valence-electron chi connectivity index (χ3n) is 1.39. The number of aliphatic hydroxyl groups is 1. The normalized spacial score (nSPS) is 13.2. The van der Waals surface area contributed by atoms with Gasteiger partial charge in [0.05, 0.1) is 13.2 Å². The summed E-state index contributed by atoms with van der Waals surface area (Å²) in [5.41, 5.74) is 0. The van der Waals surface area contributed by atoms with Crippen LogP contribution in [0.1, 0.15) is 26.2 Å². The largest absolute Gasteiger partial charge is 0.469 e. The molecule has 0 bridgehead atoms. The van der Waals surface area contributed by atoms with Crippen LogP contribution in [0.15, 0.2) is 12.2 Å². The number of methoxy groups -OCH3 is 1. The van der Waals surface area contributed by atoms with Crippen molar-refractivity contribution in [1.29, 1.82) is 0 Å². The summed E-state index contributed by atoms with van der Waals surface area (Å²) in [6.45, 7) is 1.73. The van der Waals surface area contributed by atoms with E-state index in [4.69, 9.17) is 5.11 Å². The SMILES string of the molecule is COC(=O)CC/C=C/C[C@@H](C)O. The van der Waals surface area contributed by atoms with Gasteiger partial charge in [0, 0.05) is 6.42 Å². The Hall–Kier alpha value is -0.830. The van der Waals surface area contributed by atoms with Gasteiger partial charge in [0.1, 0.15) is 0 Å². The van der Waals surface area contributed by atoms with E-state index in [-0.39, 0.29) is 12.1 Å². The molecule has 0 amide bonds. The van der Waals surface area contributed by atoms with Crippen molar-refractivity contribution in [3.05, 3.63) is 12.2 Å². The Balaban J connectivity index is 3.30. The summed E-state index contributed by atoms with van der Waals surface area (Å²) < 4.78 is 4.46. The van der Waals surface area contributed by atoms with Gasteiger partial charge in [0.25, 0.3) is 0 Å². The maximum Gasteiger partial charge on any atom is 0.305 e. The molecule has 0 fully saturated rings. The predicted molar refractivity (Wildman–Crippen MR) is 46.7 cm³/mol. The summed E-state index contributed by atoms with van der Waals surface area (Å²) in [7, 11) is 1.38. The summed E-state index contributed by atoms with van der Waals surface area (Å²) in [6.07, 6.45) is 5.17. The van der Waals surface area contributed by atoms with E-state index in [0.29, 0.717) is 19.3 Å². The Labute approximate surface area is 73.0 Å². The average molecular weight is 172 g/mol. The lowest BCUT2D eigenvalue weighted by molar-refractivity contribution is -0.140. The second-order valence-corrected chi connectivity index (χ2v) is 2.67. The van der Waals surface area contributed by atoms with Crippen molar-refractivity contribution in [2.75, 3.05) is 7.11 Å². The molecule has 0 radical (unpaired) electrons. The Morgan fingerprint density at radius 1 is 1.58 bits per heavy atom. The van der Waals surface area contributed by atoms with E-state index in [0.717, 1.165) is 0 Å². The molecule has 70 valence electrons. The zero-order valence-electron chi connectivity index (χ0n) is 7.62. The lowest BCUT2D eigenvalue weighted by atomic mass is 10.2. The lowest BCUT2D eigenvalue weighted by Gasteiger charge is -1.96. The number of hydrogen-bond donors (Lipinski definition) is 1. The second kappa shape index (κ2) is 6.85. The highest BCUT2D eigenvalue weighted by Gasteiger charge is 1.95. The van der Waals surface area contributed by atoms with Gasteiger partial charge in [-0.05, 0) is 19.8 Å². The molecule has 0 unspecified atom stereocenters. The number of ether oxygens (including phenoxy) is 1. The maximum atomic E-state index is 10.6. The lowest BCUT2D eigenvalue weighted by Crippen LogP contribution is -1.98. The summed E-state index contributed by atoms with van der Waals surface area (Å²) in [5, 5.41) is 8.86. The molecule has 0 saturated carbocycles. The number of hydrogen-bond acceptors (Lipinski definition) is 3. The van der Waals surface area contributed by atoms with Crippen LogP contribution < -0.4 is 0 Å². The van der Waals surface area contributed by atoms with Crippen LogP contribution in [-0.2, 0) is 9.53 Å². The third-order valence-corrected chi connectivity index (χ3v) is 1.39. The van der Waals surface area contributed by atoms with Gasteiger partial charge in [0.2, 0.25) is 0 Å². The number of aliphatic hydroxyl groups excluding tert-OH is 1. The maximum absolute atomic E-state index is 10.6. The van der Waals surface area contributed by atoms with Crippen molar-refractivity contribution in [3.63, 3.8) is 0 Å². The highest BCUT2D eigenvalue weighted by atomic mass is 16.5. The van der Waals surface area contributed by atoms with Crippen LogP contribution in [-0.4, -0.2) is 24.3 Å².